The lowest BCUT2D eigenvalue weighted by Crippen LogP contribution is -2.45. The predicted octanol–water partition coefficient (Wildman–Crippen LogP) is 4.74. The van der Waals surface area contributed by atoms with Gasteiger partial charge in [0, 0.05) is 26.6 Å². The van der Waals surface area contributed by atoms with Gasteiger partial charge in [-0.15, -0.1) is 34.0 Å². The summed E-state index contributed by atoms with van der Waals surface area (Å²) in [6.07, 6.45) is 2.80. The van der Waals surface area contributed by atoms with Crippen LogP contribution in [0.15, 0.2) is 57.1 Å². The number of thiol groups is 1. The zero-order valence-corrected chi connectivity index (χ0v) is 28.8. The molecular formula is C25H21N4O6S8+. The SMILES string of the molecule is CN(C(=O)CN1/C(=C/c2sc3cc(-c4cccs4)sc3[n+]2CC(=O)NS(C)(=O)=O)Sc2cc(-c3cccs3)sc21)[SH](=O)=O. The van der Waals surface area contributed by atoms with Gasteiger partial charge in [0.25, 0.3) is 21.7 Å². The molecule has 0 fully saturated rings. The van der Waals surface area contributed by atoms with Gasteiger partial charge in [-0.25, -0.2) is 25.9 Å². The van der Waals surface area contributed by atoms with Crippen LogP contribution < -0.4 is 14.2 Å². The Hall–Kier alpha value is -2.58. The Morgan fingerprint density at radius 3 is 2.30 bits per heavy atom. The van der Waals surface area contributed by atoms with Crippen molar-refractivity contribution in [1.29, 1.82) is 0 Å². The van der Waals surface area contributed by atoms with Gasteiger partial charge in [-0.1, -0.05) is 46.6 Å². The number of amides is 2. The van der Waals surface area contributed by atoms with Gasteiger partial charge in [-0.05, 0) is 35.0 Å². The van der Waals surface area contributed by atoms with Gasteiger partial charge >= 0.3 is 0 Å². The molecule has 0 aliphatic carbocycles. The number of nitrogens with one attached hydrogen (secondary N) is 1. The van der Waals surface area contributed by atoms with E-state index in [1.165, 1.54) is 52.8 Å². The van der Waals surface area contributed by atoms with Crippen LogP contribution in [0.1, 0.15) is 5.01 Å². The summed E-state index contributed by atoms with van der Waals surface area (Å²) in [6.45, 7) is -0.434. The number of hydrogen-bond donors (Lipinski definition) is 2. The fourth-order valence-electron chi connectivity index (χ4n) is 4.20. The highest BCUT2D eigenvalue weighted by atomic mass is 32.2. The van der Waals surface area contributed by atoms with Gasteiger partial charge in [0.15, 0.2) is 0 Å². The van der Waals surface area contributed by atoms with E-state index in [1.807, 2.05) is 45.8 Å². The summed E-state index contributed by atoms with van der Waals surface area (Å²) in [5, 5.41) is 6.17. The molecule has 0 bridgehead atoms. The van der Waals surface area contributed by atoms with Crippen molar-refractivity contribution in [3.8, 4) is 19.5 Å². The van der Waals surface area contributed by atoms with Crippen LogP contribution in [0.5, 0.6) is 0 Å². The zero-order chi connectivity index (χ0) is 30.5. The Kier molecular flexibility index (Phi) is 8.55. The number of thioether (sulfide) groups is 1. The molecule has 18 heteroatoms. The molecule has 0 saturated heterocycles. The van der Waals surface area contributed by atoms with Gasteiger partial charge in [0.2, 0.25) is 27.5 Å². The number of thiophene rings is 4. The number of nitrogens with zero attached hydrogens (tertiary/aromatic N) is 3. The molecule has 5 aromatic rings. The van der Waals surface area contributed by atoms with Crippen LogP contribution in [-0.4, -0.2) is 52.8 Å². The summed E-state index contributed by atoms with van der Waals surface area (Å²) in [6, 6.07) is 12.1. The van der Waals surface area contributed by atoms with Crippen LogP contribution in [0.25, 0.3) is 35.1 Å². The standard InChI is InChI=1S/C25H20N4O6S8/c1-27(42(32)33)21(31)13-29-23(39-19-10-17(41-25(19)29)15-6-4-8-37-15)11-22-28(12-20(30)26-43(2,34)35)24-18(38-22)9-16(40-24)14-5-3-7-36-14/h3-11,42H,12-13H2,1-2H3/p+1. The summed E-state index contributed by atoms with van der Waals surface area (Å²) in [7, 11) is -5.62. The number of anilines is 1. The molecular weight excluding hydrogens is 709 g/mol. The third-order valence-electron chi connectivity index (χ3n) is 6.09. The highest BCUT2D eigenvalue weighted by Crippen LogP contribution is 2.54. The lowest BCUT2D eigenvalue weighted by atomic mass is 10.4. The number of aromatic nitrogens is 1. The molecule has 6 rings (SSSR count). The summed E-state index contributed by atoms with van der Waals surface area (Å²) in [5.74, 6) is -1.26. The lowest BCUT2D eigenvalue weighted by molar-refractivity contribution is -0.653. The van der Waals surface area contributed by atoms with Crippen molar-refractivity contribution < 1.29 is 31.0 Å². The molecule has 224 valence electrons. The molecule has 43 heavy (non-hydrogen) atoms. The van der Waals surface area contributed by atoms with Gasteiger partial charge in [-0.2, -0.15) is 4.57 Å². The maximum absolute atomic E-state index is 12.9. The average molecular weight is 730 g/mol. The first-order valence-corrected chi connectivity index (χ1v) is 20.3. The van der Waals surface area contributed by atoms with E-state index in [2.05, 4.69) is 12.1 Å². The van der Waals surface area contributed by atoms with Crippen molar-refractivity contribution in [1.82, 2.24) is 9.03 Å². The number of carbonyl (C=O) groups excluding carboxylic acids is 2. The first-order chi connectivity index (χ1) is 20.5. The van der Waals surface area contributed by atoms with Crippen LogP contribution >= 0.6 is 68.4 Å². The fraction of sp³-hybridized carbons (Fsp3) is 0.160. The Morgan fingerprint density at radius 1 is 1.02 bits per heavy atom. The largest absolute Gasteiger partial charge is 0.317 e. The number of thiazole rings is 1. The maximum atomic E-state index is 12.9. The van der Waals surface area contributed by atoms with E-state index >= 15 is 0 Å². The van der Waals surface area contributed by atoms with E-state index in [0.717, 1.165) is 45.2 Å². The fourth-order valence-corrected chi connectivity index (χ4v) is 11.6. The smallest absolute Gasteiger partial charge is 0.299 e. The first-order valence-electron chi connectivity index (χ1n) is 12.2. The second kappa shape index (κ2) is 12.1. The van der Waals surface area contributed by atoms with Crippen molar-refractivity contribution in [2.45, 2.75) is 11.4 Å². The predicted molar refractivity (Wildman–Crippen MR) is 178 cm³/mol. The summed E-state index contributed by atoms with van der Waals surface area (Å²) < 4.78 is 52.1. The molecule has 1 aliphatic rings. The molecule has 0 saturated carbocycles. The van der Waals surface area contributed by atoms with Crippen LogP contribution in [-0.2, 0) is 37.0 Å². The molecule has 1 aliphatic heterocycles. The number of fused-ring (bicyclic) bond motifs is 2. The van der Waals surface area contributed by atoms with Crippen LogP contribution in [0.3, 0.4) is 0 Å². The van der Waals surface area contributed by atoms with Gasteiger partial charge < -0.3 is 4.90 Å². The summed E-state index contributed by atoms with van der Waals surface area (Å²) in [5.41, 5.74) is 0. The third kappa shape index (κ3) is 6.46. The topological polar surface area (TPSA) is 125 Å². The van der Waals surface area contributed by atoms with Crippen molar-refractivity contribution in [3.05, 3.63) is 57.2 Å². The Bertz CT molecular complexity index is 2060. The molecule has 2 amide bonds. The molecule has 0 atom stereocenters. The lowest BCUT2D eigenvalue weighted by Gasteiger charge is -2.20. The first kappa shape index (κ1) is 30.4. The van der Waals surface area contributed by atoms with Crippen molar-refractivity contribution in [3.63, 3.8) is 0 Å². The van der Waals surface area contributed by atoms with Crippen LogP contribution in [0.4, 0.5) is 5.00 Å². The molecule has 0 radical (unpaired) electrons. The van der Waals surface area contributed by atoms with Crippen LogP contribution in [0, 0.1) is 0 Å². The Morgan fingerprint density at radius 2 is 1.70 bits per heavy atom. The van der Waals surface area contributed by atoms with E-state index < -0.39 is 32.7 Å². The highest BCUT2D eigenvalue weighted by molar-refractivity contribution is 8.04. The van der Waals surface area contributed by atoms with E-state index in [0.29, 0.717) is 14.3 Å². The minimum absolute atomic E-state index is 0.202. The van der Waals surface area contributed by atoms with Gasteiger partial charge in [0.1, 0.15) is 16.2 Å². The normalized spacial score (nSPS) is 14.2. The summed E-state index contributed by atoms with van der Waals surface area (Å²) in [4.78, 5) is 33.5. The number of likely N-dealkylation sites (N-methyl/N-ethyl adjacent to an activating group) is 1. The third-order valence-corrected chi connectivity index (χ3v) is 14.3. The molecule has 5 aromatic heterocycles. The highest BCUT2D eigenvalue weighted by Gasteiger charge is 2.34. The van der Waals surface area contributed by atoms with Crippen LogP contribution in [0.2, 0.25) is 0 Å². The molecule has 0 spiro atoms. The maximum Gasteiger partial charge on any atom is 0.299 e. The number of hydrogen-bond acceptors (Lipinski definition) is 13. The zero-order valence-electron chi connectivity index (χ0n) is 22.2. The van der Waals surface area contributed by atoms with Gasteiger partial charge in [0.05, 0.1) is 22.2 Å². The quantitative estimate of drug-likeness (QED) is 0.165. The van der Waals surface area contributed by atoms with E-state index in [1.54, 1.807) is 32.1 Å². The minimum Gasteiger partial charge on any atom is -0.317 e. The van der Waals surface area contributed by atoms with E-state index in [9.17, 15) is 26.4 Å². The molecule has 0 unspecified atom stereocenters. The number of rotatable bonds is 9. The number of sulfonamides is 1. The molecule has 10 nitrogen and oxygen atoms in total. The van der Waals surface area contributed by atoms with E-state index in [-0.39, 0.29) is 13.1 Å². The second-order valence-electron chi connectivity index (χ2n) is 9.16. The Balaban J connectivity index is 1.42. The summed E-state index contributed by atoms with van der Waals surface area (Å²) >= 11 is 9.14. The van der Waals surface area contributed by atoms with Crippen molar-refractivity contribution >= 4 is 122 Å². The van der Waals surface area contributed by atoms with E-state index in [4.69, 9.17) is 0 Å². The monoisotopic (exact) mass is 729 g/mol. The van der Waals surface area contributed by atoms with Gasteiger partial charge in [-0.3, -0.25) is 9.59 Å². The molecule has 6 heterocycles. The van der Waals surface area contributed by atoms with Crippen molar-refractivity contribution in [2.24, 2.45) is 0 Å². The molecule has 0 aromatic carbocycles. The Labute approximate surface area is 272 Å². The average Bonchev–Trinajstić information content (AvgIpc) is 3.74. The number of carbonyl (C=O) groups is 2. The second-order valence-corrected chi connectivity index (χ2v) is 18.1. The minimum atomic E-state index is -3.76. The molecule has 1 N–H and O–H groups in total. The van der Waals surface area contributed by atoms with Crippen molar-refractivity contribution in [2.75, 3.05) is 24.7 Å².